The van der Waals surface area contributed by atoms with Crippen molar-refractivity contribution in [2.45, 2.75) is 6.92 Å². The number of nitrogens with two attached hydrogens (primary N) is 1. The van der Waals surface area contributed by atoms with Crippen LogP contribution >= 0.6 is 0 Å². The molecule has 0 spiro atoms. The molecule has 0 amide bonds. The van der Waals surface area contributed by atoms with Crippen LogP contribution in [0.15, 0.2) is 42.6 Å². The van der Waals surface area contributed by atoms with Crippen LogP contribution < -0.4 is 10.6 Å². The maximum absolute atomic E-state index is 5.74. The number of benzene rings is 1. The first-order chi connectivity index (χ1) is 7.66. The Labute approximate surface area is 95.5 Å². The van der Waals surface area contributed by atoms with Gasteiger partial charge in [0.05, 0.1) is 0 Å². The summed E-state index contributed by atoms with van der Waals surface area (Å²) in [5.41, 5.74) is 8.80. The predicted octanol–water partition coefficient (Wildman–Crippen LogP) is 2.74. The molecular weight excluding hydrogens is 198 g/mol. The quantitative estimate of drug-likeness (QED) is 0.834. The van der Waals surface area contributed by atoms with Crippen molar-refractivity contribution in [3.05, 3.63) is 48.2 Å². The zero-order valence-electron chi connectivity index (χ0n) is 9.51. The van der Waals surface area contributed by atoms with E-state index in [1.807, 2.05) is 24.1 Å². The van der Waals surface area contributed by atoms with Gasteiger partial charge in [0.2, 0.25) is 0 Å². The standard InChI is InChI=1S/C13H15N3/c1-10-4-3-5-12(8-10)16(2)13-9-11(14)6-7-15-13/h3-9H,1-2H3,(H2,14,15). The van der Waals surface area contributed by atoms with E-state index in [0.29, 0.717) is 0 Å². The average Bonchev–Trinajstić information content (AvgIpc) is 2.28. The molecule has 2 rings (SSSR count). The van der Waals surface area contributed by atoms with Gasteiger partial charge in [-0.05, 0) is 30.7 Å². The fourth-order valence-electron chi connectivity index (χ4n) is 1.59. The third-order valence-electron chi connectivity index (χ3n) is 2.50. The highest BCUT2D eigenvalue weighted by Gasteiger charge is 2.04. The van der Waals surface area contributed by atoms with Gasteiger partial charge in [0.25, 0.3) is 0 Å². The SMILES string of the molecule is Cc1cccc(N(C)c2cc(N)ccn2)c1. The first-order valence-corrected chi connectivity index (χ1v) is 5.19. The Kier molecular flexibility index (Phi) is 2.77. The third-order valence-corrected chi connectivity index (χ3v) is 2.50. The Balaban J connectivity index is 2.35. The molecule has 2 aromatic rings. The molecule has 3 nitrogen and oxygen atoms in total. The third kappa shape index (κ3) is 2.14. The molecule has 1 aromatic heterocycles. The molecular formula is C13H15N3. The molecule has 0 aliphatic carbocycles. The minimum absolute atomic E-state index is 0.726. The van der Waals surface area contributed by atoms with E-state index < -0.39 is 0 Å². The van der Waals surface area contributed by atoms with Crippen molar-refractivity contribution in [1.82, 2.24) is 4.98 Å². The van der Waals surface area contributed by atoms with E-state index in [-0.39, 0.29) is 0 Å². The van der Waals surface area contributed by atoms with E-state index in [1.54, 1.807) is 12.3 Å². The summed E-state index contributed by atoms with van der Waals surface area (Å²) in [7, 11) is 1.98. The topological polar surface area (TPSA) is 42.1 Å². The number of pyridine rings is 1. The van der Waals surface area contributed by atoms with E-state index in [0.717, 1.165) is 17.2 Å². The molecule has 0 saturated heterocycles. The summed E-state index contributed by atoms with van der Waals surface area (Å²) in [6.07, 6.45) is 1.72. The van der Waals surface area contributed by atoms with Crippen molar-refractivity contribution in [2.75, 3.05) is 17.7 Å². The Hall–Kier alpha value is -2.03. The van der Waals surface area contributed by atoms with Crippen LogP contribution in [-0.2, 0) is 0 Å². The Morgan fingerprint density at radius 2 is 2.00 bits per heavy atom. The van der Waals surface area contributed by atoms with Crippen molar-refractivity contribution >= 4 is 17.2 Å². The smallest absolute Gasteiger partial charge is 0.134 e. The zero-order chi connectivity index (χ0) is 11.5. The number of nitrogen functional groups attached to an aromatic ring is 1. The fourth-order valence-corrected chi connectivity index (χ4v) is 1.59. The van der Waals surface area contributed by atoms with Gasteiger partial charge in [-0.25, -0.2) is 4.98 Å². The lowest BCUT2D eigenvalue weighted by Gasteiger charge is -2.18. The second-order valence-electron chi connectivity index (χ2n) is 3.85. The monoisotopic (exact) mass is 213 g/mol. The van der Waals surface area contributed by atoms with Crippen LogP contribution in [0.5, 0.6) is 0 Å². The molecule has 0 atom stereocenters. The lowest BCUT2D eigenvalue weighted by Crippen LogP contribution is -2.11. The number of nitrogens with zero attached hydrogens (tertiary/aromatic N) is 2. The summed E-state index contributed by atoms with van der Waals surface area (Å²) in [5.74, 6) is 0.852. The molecule has 0 aliphatic heterocycles. The lowest BCUT2D eigenvalue weighted by molar-refractivity contribution is 1.13. The number of rotatable bonds is 2. The summed E-state index contributed by atoms with van der Waals surface area (Å²) in [4.78, 5) is 6.31. The molecule has 0 bridgehead atoms. The number of anilines is 3. The Morgan fingerprint density at radius 3 is 2.69 bits per heavy atom. The fraction of sp³-hybridized carbons (Fsp3) is 0.154. The summed E-state index contributed by atoms with van der Waals surface area (Å²) < 4.78 is 0. The molecule has 0 saturated carbocycles. The van der Waals surface area contributed by atoms with Crippen molar-refractivity contribution in [3.63, 3.8) is 0 Å². The summed E-state index contributed by atoms with van der Waals surface area (Å²) in [6.45, 7) is 2.07. The molecule has 0 aliphatic rings. The van der Waals surface area contributed by atoms with Gasteiger partial charge < -0.3 is 10.6 Å². The summed E-state index contributed by atoms with van der Waals surface area (Å²) >= 11 is 0. The van der Waals surface area contributed by atoms with Gasteiger partial charge in [-0.3, -0.25) is 0 Å². The number of hydrogen-bond donors (Lipinski definition) is 1. The maximum Gasteiger partial charge on any atom is 0.134 e. The van der Waals surface area contributed by atoms with Crippen LogP contribution in [0.4, 0.5) is 17.2 Å². The molecule has 16 heavy (non-hydrogen) atoms. The number of aromatic nitrogens is 1. The van der Waals surface area contributed by atoms with Crippen molar-refractivity contribution in [2.24, 2.45) is 0 Å². The van der Waals surface area contributed by atoms with Crippen LogP contribution in [0.2, 0.25) is 0 Å². The highest BCUT2D eigenvalue weighted by atomic mass is 15.2. The lowest BCUT2D eigenvalue weighted by atomic mass is 10.2. The summed E-state index contributed by atoms with van der Waals surface area (Å²) in [5, 5.41) is 0. The van der Waals surface area contributed by atoms with Gasteiger partial charge in [-0.2, -0.15) is 0 Å². The molecule has 0 fully saturated rings. The van der Waals surface area contributed by atoms with Crippen LogP contribution in [0.1, 0.15) is 5.56 Å². The first-order valence-electron chi connectivity index (χ1n) is 5.19. The van der Waals surface area contributed by atoms with Crippen LogP contribution in [-0.4, -0.2) is 12.0 Å². The maximum atomic E-state index is 5.74. The van der Waals surface area contributed by atoms with Crippen LogP contribution in [0, 0.1) is 6.92 Å². The van der Waals surface area contributed by atoms with Crippen molar-refractivity contribution in [3.8, 4) is 0 Å². The normalized spacial score (nSPS) is 10.1. The van der Waals surface area contributed by atoms with Gasteiger partial charge in [-0.1, -0.05) is 12.1 Å². The molecule has 1 heterocycles. The minimum atomic E-state index is 0.726. The predicted molar refractivity (Wildman–Crippen MR) is 67.9 cm³/mol. The molecule has 0 radical (unpaired) electrons. The van der Waals surface area contributed by atoms with Crippen LogP contribution in [0.3, 0.4) is 0 Å². The highest BCUT2D eigenvalue weighted by molar-refractivity contribution is 5.62. The largest absolute Gasteiger partial charge is 0.399 e. The average molecular weight is 213 g/mol. The Morgan fingerprint density at radius 1 is 1.19 bits per heavy atom. The molecule has 0 unspecified atom stereocenters. The van der Waals surface area contributed by atoms with Gasteiger partial charge in [0, 0.05) is 30.7 Å². The second-order valence-corrected chi connectivity index (χ2v) is 3.85. The van der Waals surface area contributed by atoms with Gasteiger partial charge in [-0.15, -0.1) is 0 Å². The van der Waals surface area contributed by atoms with E-state index in [2.05, 4.69) is 30.1 Å². The van der Waals surface area contributed by atoms with E-state index in [1.165, 1.54) is 5.56 Å². The molecule has 82 valence electrons. The van der Waals surface area contributed by atoms with Crippen molar-refractivity contribution in [1.29, 1.82) is 0 Å². The second kappa shape index (κ2) is 4.23. The van der Waals surface area contributed by atoms with Gasteiger partial charge in [0.1, 0.15) is 5.82 Å². The number of aryl methyl sites for hydroxylation is 1. The van der Waals surface area contributed by atoms with Crippen molar-refractivity contribution < 1.29 is 0 Å². The molecule has 3 heteroatoms. The Bertz CT molecular complexity index is 449. The van der Waals surface area contributed by atoms with Crippen LogP contribution in [0.25, 0.3) is 0 Å². The van der Waals surface area contributed by atoms with E-state index >= 15 is 0 Å². The summed E-state index contributed by atoms with van der Waals surface area (Å²) in [6, 6.07) is 11.9. The van der Waals surface area contributed by atoms with Gasteiger partial charge in [0.15, 0.2) is 0 Å². The van der Waals surface area contributed by atoms with E-state index in [4.69, 9.17) is 5.73 Å². The first kappa shape index (κ1) is 10.5. The zero-order valence-corrected chi connectivity index (χ0v) is 9.51. The van der Waals surface area contributed by atoms with E-state index in [9.17, 15) is 0 Å². The molecule has 1 aromatic carbocycles. The number of hydrogen-bond acceptors (Lipinski definition) is 3. The highest BCUT2D eigenvalue weighted by Crippen LogP contribution is 2.23. The minimum Gasteiger partial charge on any atom is -0.399 e. The molecule has 2 N–H and O–H groups in total. The van der Waals surface area contributed by atoms with Gasteiger partial charge >= 0.3 is 0 Å².